The van der Waals surface area contributed by atoms with E-state index in [1.54, 1.807) is 0 Å². The van der Waals surface area contributed by atoms with Crippen molar-refractivity contribution in [2.45, 2.75) is 0 Å². The number of nitrogens with one attached hydrogen (secondary N) is 1. The first-order valence-electron chi connectivity index (χ1n) is 5.81. The molecule has 1 saturated heterocycles. The fourth-order valence-corrected chi connectivity index (χ4v) is 3.55. The number of amides is 1. The largest absolute Gasteiger partial charge is 0.300 e. The fourth-order valence-electron chi connectivity index (χ4n) is 1.64. The Balaban J connectivity index is 1.82. The summed E-state index contributed by atoms with van der Waals surface area (Å²) in [5.41, 5.74) is 0.815. The van der Waals surface area contributed by atoms with Crippen LogP contribution in [0.2, 0.25) is 4.34 Å². The first kappa shape index (κ1) is 13.4. The van der Waals surface area contributed by atoms with Crippen molar-refractivity contribution in [3.63, 3.8) is 0 Å². The maximum Gasteiger partial charge on any atom is 0.264 e. The number of thiophene rings is 1. The van der Waals surface area contributed by atoms with Gasteiger partial charge in [-0.3, -0.25) is 4.79 Å². The van der Waals surface area contributed by atoms with Crippen molar-refractivity contribution < 1.29 is 4.79 Å². The summed E-state index contributed by atoms with van der Waals surface area (Å²) in [5.74, 6) is -0.130. The molecule has 0 spiro atoms. The Bertz CT molecular complexity index is 707. The fraction of sp³-hybridized carbons (Fsp3) is 0. The molecule has 1 aromatic carbocycles. The summed E-state index contributed by atoms with van der Waals surface area (Å²) in [4.78, 5) is 17.8. The molecule has 2 heterocycles. The van der Waals surface area contributed by atoms with Crippen LogP contribution in [0, 0.1) is 0 Å². The number of hydrogen-bond donors (Lipinski definition) is 1. The van der Waals surface area contributed by atoms with Crippen LogP contribution >= 0.6 is 34.7 Å². The van der Waals surface area contributed by atoms with Gasteiger partial charge in [0.2, 0.25) is 0 Å². The minimum absolute atomic E-state index is 0.130. The van der Waals surface area contributed by atoms with Crippen molar-refractivity contribution in [2.75, 3.05) is 0 Å². The van der Waals surface area contributed by atoms with E-state index in [0.717, 1.165) is 10.6 Å². The Morgan fingerprint density at radius 1 is 1.15 bits per heavy atom. The molecule has 1 aromatic heterocycles. The molecule has 1 aliphatic heterocycles. The zero-order valence-corrected chi connectivity index (χ0v) is 12.6. The Morgan fingerprint density at radius 2 is 1.95 bits per heavy atom. The molecule has 0 bridgehead atoms. The number of hydrogen-bond acceptors (Lipinski definition) is 4. The summed E-state index contributed by atoms with van der Waals surface area (Å²) in [6.45, 7) is 0. The van der Waals surface area contributed by atoms with E-state index >= 15 is 0 Å². The van der Waals surface area contributed by atoms with Gasteiger partial charge in [0, 0.05) is 4.88 Å². The van der Waals surface area contributed by atoms with Crippen LogP contribution in [0.3, 0.4) is 0 Å². The van der Waals surface area contributed by atoms with Crippen molar-refractivity contribution in [1.29, 1.82) is 0 Å². The molecule has 100 valence electrons. The lowest BCUT2D eigenvalue weighted by Gasteiger charge is -1.94. The van der Waals surface area contributed by atoms with Gasteiger partial charge in [0.1, 0.15) is 0 Å². The van der Waals surface area contributed by atoms with Gasteiger partial charge in [-0.15, -0.1) is 11.3 Å². The maximum atomic E-state index is 11.9. The number of rotatable bonds is 2. The third kappa shape index (κ3) is 3.12. The van der Waals surface area contributed by atoms with E-state index in [-0.39, 0.29) is 5.91 Å². The highest BCUT2D eigenvalue weighted by atomic mass is 35.5. The molecule has 1 amide bonds. The van der Waals surface area contributed by atoms with Gasteiger partial charge in [-0.2, -0.15) is 0 Å². The molecular weight excluding hydrogens is 312 g/mol. The first-order chi connectivity index (χ1) is 9.70. The number of para-hydroxylation sites is 1. The average Bonchev–Trinajstić information content (AvgIpc) is 2.98. The third-order valence-corrected chi connectivity index (χ3v) is 4.59. The molecular formula is C14H9ClN2OS2. The molecule has 0 atom stereocenters. The van der Waals surface area contributed by atoms with Crippen LogP contribution in [-0.4, -0.2) is 11.1 Å². The van der Waals surface area contributed by atoms with Crippen LogP contribution in [-0.2, 0) is 4.79 Å². The van der Waals surface area contributed by atoms with Crippen molar-refractivity contribution in [1.82, 2.24) is 5.32 Å². The van der Waals surface area contributed by atoms with Gasteiger partial charge in [-0.1, -0.05) is 29.8 Å². The van der Waals surface area contributed by atoms with E-state index in [9.17, 15) is 4.79 Å². The highest BCUT2D eigenvalue weighted by molar-refractivity contribution is 8.18. The number of nitrogens with zero attached hydrogens (tertiary/aromatic N) is 1. The molecule has 3 rings (SSSR count). The van der Waals surface area contributed by atoms with Crippen LogP contribution in [0.4, 0.5) is 5.69 Å². The minimum Gasteiger partial charge on any atom is -0.300 e. The molecule has 0 radical (unpaired) electrons. The van der Waals surface area contributed by atoms with E-state index in [1.807, 2.05) is 48.5 Å². The lowest BCUT2D eigenvalue weighted by atomic mass is 10.3. The predicted molar refractivity (Wildman–Crippen MR) is 86.6 cm³/mol. The van der Waals surface area contributed by atoms with Crippen LogP contribution in [0.5, 0.6) is 0 Å². The Hall–Kier alpha value is -1.56. The highest BCUT2D eigenvalue weighted by Crippen LogP contribution is 2.30. The zero-order chi connectivity index (χ0) is 13.9. The van der Waals surface area contributed by atoms with E-state index in [4.69, 9.17) is 11.6 Å². The zero-order valence-electron chi connectivity index (χ0n) is 10.2. The Kier molecular flexibility index (Phi) is 3.91. The summed E-state index contributed by atoms with van der Waals surface area (Å²) < 4.78 is 0.707. The monoisotopic (exact) mass is 320 g/mol. The second-order valence-corrected chi connectivity index (χ2v) is 6.74. The molecule has 0 saturated carbocycles. The lowest BCUT2D eigenvalue weighted by Crippen LogP contribution is -2.19. The predicted octanol–water partition coefficient (Wildman–Crippen LogP) is 4.29. The van der Waals surface area contributed by atoms with Crippen molar-refractivity contribution in [3.8, 4) is 0 Å². The van der Waals surface area contributed by atoms with Gasteiger partial charge in [-0.25, -0.2) is 4.99 Å². The number of thioether (sulfide) groups is 1. The summed E-state index contributed by atoms with van der Waals surface area (Å²) in [6, 6.07) is 13.2. The van der Waals surface area contributed by atoms with E-state index < -0.39 is 0 Å². The van der Waals surface area contributed by atoms with Gasteiger partial charge >= 0.3 is 0 Å². The summed E-state index contributed by atoms with van der Waals surface area (Å²) in [6.07, 6.45) is 1.82. The summed E-state index contributed by atoms with van der Waals surface area (Å²) >= 11 is 8.65. The molecule has 0 aliphatic carbocycles. The van der Waals surface area contributed by atoms with Crippen LogP contribution in [0.1, 0.15) is 4.88 Å². The molecule has 2 aromatic rings. The smallest absolute Gasteiger partial charge is 0.264 e. The van der Waals surface area contributed by atoms with E-state index in [1.165, 1.54) is 23.1 Å². The average molecular weight is 321 g/mol. The molecule has 6 heteroatoms. The molecule has 0 unspecified atom stereocenters. The molecule has 20 heavy (non-hydrogen) atoms. The van der Waals surface area contributed by atoms with Crippen LogP contribution in [0.15, 0.2) is 52.4 Å². The molecule has 3 nitrogen and oxygen atoms in total. The van der Waals surface area contributed by atoms with Crippen molar-refractivity contribution >= 4 is 57.5 Å². The van der Waals surface area contributed by atoms with E-state index in [0.29, 0.717) is 14.4 Å². The number of carbonyl (C=O) groups is 1. The third-order valence-electron chi connectivity index (χ3n) is 2.51. The SMILES string of the molecule is O=C1NC(=Nc2ccccc2)S/C1=C\c1ccc(Cl)s1. The van der Waals surface area contributed by atoms with Gasteiger partial charge in [0.25, 0.3) is 5.91 Å². The maximum absolute atomic E-state index is 11.9. The van der Waals surface area contributed by atoms with Crippen molar-refractivity contribution in [3.05, 3.63) is 56.6 Å². The van der Waals surface area contributed by atoms with Gasteiger partial charge in [0.15, 0.2) is 5.17 Å². The van der Waals surface area contributed by atoms with E-state index in [2.05, 4.69) is 10.3 Å². The number of benzene rings is 1. The highest BCUT2D eigenvalue weighted by Gasteiger charge is 2.23. The Labute approximate surface area is 129 Å². The quantitative estimate of drug-likeness (QED) is 0.838. The van der Waals surface area contributed by atoms with Crippen molar-refractivity contribution in [2.24, 2.45) is 4.99 Å². The van der Waals surface area contributed by atoms with Gasteiger partial charge in [0.05, 0.1) is 14.9 Å². The molecule has 1 fully saturated rings. The minimum atomic E-state index is -0.130. The standard InChI is InChI=1S/C14H9ClN2OS2/c15-12-7-6-10(19-12)8-11-13(18)17-14(20-11)16-9-4-2-1-3-5-9/h1-8H,(H,16,17,18)/b11-8-. The van der Waals surface area contributed by atoms with Gasteiger partial charge in [-0.05, 0) is 42.1 Å². The second-order valence-electron chi connectivity index (χ2n) is 3.96. The molecule has 1 aliphatic rings. The van der Waals surface area contributed by atoms with Crippen LogP contribution < -0.4 is 5.32 Å². The Morgan fingerprint density at radius 3 is 2.65 bits per heavy atom. The lowest BCUT2D eigenvalue weighted by molar-refractivity contribution is -0.115. The number of aliphatic imine (C=N–C) groups is 1. The summed E-state index contributed by atoms with van der Waals surface area (Å²) in [7, 11) is 0. The van der Waals surface area contributed by atoms with Gasteiger partial charge < -0.3 is 5.32 Å². The second kappa shape index (κ2) is 5.83. The summed E-state index contributed by atoms with van der Waals surface area (Å²) in [5, 5.41) is 3.35. The normalized spacial score (nSPS) is 18.8. The topological polar surface area (TPSA) is 41.5 Å². The molecule has 1 N–H and O–H groups in total. The number of halogens is 1. The number of carbonyl (C=O) groups excluding carboxylic acids is 1. The van der Waals surface area contributed by atoms with Crippen LogP contribution in [0.25, 0.3) is 6.08 Å². The number of amidine groups is 1. The first-order valence-corrected chi connectivity index (χ1v) is 7.82.